The van der Waals surface area contributed by atoms with E-state index in [1.807, 2.05) is 0 Å². The van der Waals surface area contributed by atoms with Crippen LogP contribution in [0.3, 0.4) is 0 Å². The molecular weight excluding hydrogens is 218 g/mol. The first-order valence-electron chi connectivity index (χ1n) is 8.42. The average Bonchev–Trinajstić information content (AvgIpc) is 2.40. The van der Waals surface area contributed by atoms with Crippen LogP contribution in [0.4, 0.5) is 0 Å². The van der Waals surface area contributed by atoms with Crippen LogP contribution in [0.15, 0.2) is 0 Å². The third kappa shape index (κ3) is 5.73. The summed E-state index contributed by atoms with van der Waals surface area (Å²) in [6.07, 6.45) is 16.9. The Labute approximate surface area is 115 Å². The molecule has 2 N–H and O–H groups in total. The van der Waals surface area contributed by atoms with Crippen LogP contribution in [0, 0.1) is 11.3 Å². The van der Waals surface area contributed by atoms with E-state index in [-0.39, 0.29) is 0 Å². The Morgan fingerprint density at radius 3 is 2.06 bits per heavy atom. The SMILES string of the molecule is CCCCCCCCCC1(CN)CCC(C)CC1. The second-order valence-corrected chi connectivity index (χ2v) is 6.76. The highest BCUT2D eigenvalue weighted by atomic mass is 14.6. The van der Waals surface area contributed by atoms with Gasteiger partial charge in [-0.1, -0.05) is 71.6 Å². The Balaban J connectivity index is 2.08. The quantitative estimate of drug-likeness (QED) is 0.556. The van der Waals surface area contributed by atoms with E-state index in [1.54, 1.807) is 0 Å². The molecule has 0 spiro atoms. The zero-order valence-corrected chi connectivity index (χ0v) is 12.8. The maximum absolute atomic E-state index is 6.06. The molecule has 0 aromatic carbocycles. The lowest BCUT2D eigenvalue weighted by Gasteiger charge is -2.38. The molecule has 0 heterocycles. The second-order valence-electron chi connectivity index (χ2n) is 6.76. The third-order valence-electron chi connectivity index (χ3n) is 5.08. The average molecular weight is 253 g/mol. The molecule has 1 rings (SSSR count). The smallest absolute Gasteiger partial charge is 0.00205 e. The Morgan fingerprint density at radius 1 is 0.944 bits per heavy atom. The third-order valence-corrected chi connectivity index (χ3v) is 5.08. The van der Waals surface area contributed by atoms with Crippen LogP contribution in [-0.2, 0) is 0 Å². The summed E-state index contributed by atoms with van der Waals surface area (Å²) in [7, 11) is 0. The fourth-order valence-corrected chi connectivity index (χ4v) is 3.39. The van der Waals surface area contributed by atoms with Crippen molar-refractivity contribution in [1.29, 1.82) is 0 Å². The Bertz CT molecular complexity index is 192. The summed E-state index contributed by atoms with van der Waals surface area (Å²) < 4.78 is 0. The first kappa shape index (κ1) is 16.0. The summed E-state index contributed by atoms with van der Waals surface area (Å²) in [4.78, 5) is 0. The largest absolute Gasteiger partial charge is 0.330 e. The minimum atomic E-state index is 0.524. The molecule has 0 atom stereocenters. The molecule has 108 valence electrons. The molecule has 1 aliphatic carbocycles. The second kappa shape index (κ2) is 8.96. The standard InChI is InChI=1S/C17H35N/c1-3-4-5-6-7-8-9-12-17(15-18)13-10-16(2)11-14-17/h16H,3-15,18H2,1-2H3. The van der Waals surface area contributed by atoms with E-state index in [9.17, 15) is 0 Å². The molecule has 0 saturated heterocycles. The summed E-state index contributed by atoms with van der Waals surface area (Å²) in [5, 5.41) is 0. The Morgan fingerprint density at radius 2 is 1.50 bits per heavy atom. The Hall–Kier alpha value is -0.0400. The number of rotatable bonds is 9. The summed E-state index contributed by atoms with van der Waals surface area (Å²) in [6, 6.07) is 0. The molecule has 1 saturated carbocycles. The number of nitrogens with two attached hydrogens (primary N) is 1. The maximum atomic E-state index is 6.06. The van der Waals surface area contributed by atoms with Crippen molar-refractivity contribution in [1.82, 2.24) is 0 Å². The molecule has 0 aliphatic heterocycles. The van der Waals surface area contributed by atoms with Crippen molar-refractivity contribution >= 4 is 0 Å². The van der Waals surface area contributed by atoms with Crippen molar-refractivity contribution in [2.45, 2.75) is 90.9 Å². The molecule has 18 heavy (non-hydrogen) atoms. The van der Waals surface area contributed by atoms with Gasteiger partial charge in [-0.3, -0.25) is 0 Å². The van der Waals surface area contributed by atoms with Crippen LogP contribution >= 0.6 is 0 Å². The summed E-state index contributed by atoms with van der Waals surface area (Å²) in [6.45, 7) is 5.61. The molecule has 0 radical (unpaired) electrons. The number of hydrogen-bond donors (Lipinski definition) is 1. The van der Waals surface area contributed by atoms with E-state index in [2.05, 4.69) is 13.8 Å². The van der Waals surface area contributed by atoms with Gasteiger partial charge in [0.15, 0.2) is 0 Å². The molecule has 0 amide bonds. The van der Waals surface area contributed by atoms with Crippen molar-refractivity contribution in [3.63, 3.8) is 0 Å². The molecule has 0 aromatic rings. The van der Waals surface area contributed by atoms with E-state index >= 15 is 0 Å². The zero-order valence-electron chi connectivity index (χ0n) is 12.8. The fourth-order valence-electron chi connectivity index (χ4n) is 3.39. The summed E-state index contributed by atoms with van der Waals surface area (Å²) >= 11 is 0. The van der Waals surface area contributed by atoms with E-state index in [0.29, 0.717) is 5.41 Å². The summed E-state index contributed by atoms with van der Waals surface area (Å²) in [5.41, 5.74) is 6.59. The fraction of sp³-hybridized carbons (Fsp3) is 1.00. The normalized spacial score (nSPS) is 28.5. The zero-order chi connectivity index (χ0) is 13.3. The molecule has 0 aromatic heterocycles. The van der Waals surface area contributed by atoms with Crippen molar-refractivity contribution in [2.75, 3.05) is 6.54 Å². The predicted molar refractivity (Wildman–Crippen MR) is 81.7 cm³/mol. The van der Waals surface area contributed by atoms with Crippen molar-refractivity contribution in [3.8, 4) is 0 Å². The van der Waals surface area contributed by atoms with Gasteiger partial charge < -0.3 is 5.73 Å². The molecular formula is C17H35N. The van der Waals surface area contributed by atoms with Crippen molar-refractivity contribution in [3.05, 3.63) is 0 Å². The summed E-state index contributed by atoms with van der Waals surface area (Å²) in [5.74, 6) is 0.943. The van der Waals surface area contributed by atoms with Crippen molar-refractivity contribution < 1.29 is 0 Å². The molecule has 0 bridgehead atoms. The molecule has 1 fully saturated rings. The first-order valence-corrected chi connectivity index (χ1v) is 8.42. The van der Waals surface area contributed by atoms with E-state index < -0.39 is 0 Å². The number of hydrogen-bond acceptors (Lipinski definition) is 1. The number of unbranched alkanes of at least 4 members (excludes halogenated alkanes) is 6. The minimum absolute atomic E-state index is 0.524. The highest BCUT2D eigenvalue weighted by molar-refractivity contribution is 4.85. The van der Waals surface area contributed by atoms with Gasteiger partial charge in [0.2, 0.25) is 0 Å². The van der Waals surface area contributed by atoms with Gasteiger partial charge in [-0.05, 0) is 37.1 Å². The van der Waals surface area contributed by atoms with Crippen LogP contribution in [-0.4, -0.2) is 6.54 Å². The van der Waals surface area contributed by atoms with Crippen LogP contribution in [0.2, 0.25) is 0 Å². The van der Waals surface area contributed by atoms with Crippen LogP contribution in [0.1, 0.15) is 90.9 Å². The lowest BCUT2D eigenvalue weighted by Crippen LogP contribution is -2.34. The molecule has 0 unspecified atom stereocenters. The van der Waals surface area contributed by atoms with Crippen LogP contribution in [0.25, 0.3) is 0 Å². The topological polar surface area (TPSA) is 26.0 Å². The highest BCUT2D eigenvalue weighted by Crippen LogP contribution is 2.41. The van der Waals surface area contributed by atoms with Crippen molar-refractivity contribution in [2.24, 2.45) is 17.1 Å². The van der Waals surface area contributed by atoms with Crippen LogP contribution in [0.5, 0.6) is 0 Å². The van der Waals surface area contributed by atoms with E-state index in [4.69, 9.17) is 5.73 Å². The van der Waals surface area contributed by atoms with Gasteiger partial charge in [0.25, 0.3) is 0 Å². The predicted octanol–water partition coefficient (Wildman–Crippen LogP) is 5.28. The van der Waals surface area contributed by atoms with Gasteiger partial charge in [-0.15, -0.1) is 0 Å². The molecule has 1 aliphatic rings. The van der Waals surface area contributed by atoms with Gasteiger partial charge in [-0.25, -0.2) is 0 Å². The molecule has 1 heteroatoms. The van der Waals surface area contributed by atoms with Gasteiger partial charge in [0.1, 0.15) is 0 Å². The highest BCUT2D eigenvalue weighted by Gasteiger charge is 2.32. The first-order chi connectivity index (χ1) is 8.72. The van der Waals surface area contributed by atoms with Gasteiger partial charge >= 0.3 is 0 Å². The lowest BCUT2D eigenvalue weighted by molar-refractivity contribution is 0.146. The Kier molecular flexibility index (Phi) is 7.97. The van der Waals surface area contributed by atoms with Gasteiger partial charge in [0, 0.05) is 0 Å². The molecule has 1 nitrogen and oxygen atoms in total. The minimum Gasteiger partial charge on any atom is -0.330 e. The lowest BCUT2D eigenvalue weighted by atomic mass is 9.68. The van der Waals surface area contributed by atoms with Gasteiger partial charge in [-0.2, -0.15) is 0 Å². The maximum Gasteiger partial charge on any atom is -0.00205 e. The van der Waals surface area contributed by atoms with Gasteiger partial charge in [0.05, 0.1) is 0 Å². The van der Waals surface area contributed by atoms with E-state index in [1.165, 1.54) is 77.0 Å². The van der Waals surface area contributed by atoms with Crippen LogP contribution < -0.4 is 5.73 Å². The monoisotopic (exact) mass is 253 g/mol. The van der Waals surface area contributed by atoms with E-state index in [0.717, 1.165) is 12.5 Å².